The van der Waals surface area contributed by atoms with Gasteiger partial charge in [-0.1, -0.05) is 17.7 Å². The molecular weight excluding hydrogens is 275 g/mol. The van der Waals surface area contributed by atoms with Gasteiger partial charge in [-0.15, -0.1) is 0 Å². The smallest absolute Gasteiger partial charge is 0.309 e. The lowest BCUT2D eigenvalue weighted by molar-refractivity contribution is 0.286. The Morgan fingerprint density at radius 3 is 2.06 bits per heavy atom. The number of benzene rings is 1. The van der Waals surface area contributed by atoms with Gasteiger partial charge in [-0.2, -0.15) is 0 Å². The Morgan fingerprint density at radius 2 is 1.61 bits per heavy atom. The lowest BCUT2D eigenvalue weighted by Gasteiger charge is -2.07. The molecule has 5 nitrogen and oxygen atoms in total. The maximum atomic E-state index is 11.9. The molecule has 0 saturated heterocycles. The van der Waals surface area contributed by atoms with Crippen molar-refractivity contribution in [2.45, 2.75) is 11.8 Å². The second kappa shape index (κ2) is 5.80. The molecule has 7 heteroatoms. The van der Waals surface area contributed by atoms with E-state index in [1.165, 1.54) is 26.4 Å². The van der Waals surface area contributed by atoms with Crippen molar-refractivity contribution in [1.82, 2.24) is 0 Å². The van der Waals surface area contributed by atoms with E-state index in [4.69, 9.17) is 0 Å². The molecule has 0 bridgehead atoms. The van der Waals surface area contributed by atoms with E-state index in [0.717, 1.165) is 16.8 Å². The van der Waals surface area contributed by atoms with Gasteiger partial charge in [0.25, 0.3) is 0 Å². The minimum atomic E-state index is -3.64. The van der Waals surface area contributed by atoms with Crippen LogP contribution in [-0.4, -0.2) is 22.6 Å². The summed E-state index contributed by atoms with van der Waals surface area (Å²) in [4.78, 5) is 0.128. The number of hydrogen-bond acceptors (Lipinski definition) is 5. The van der Waals surface area contributed by atoms with Crippen LogP contribution < -0.4 is 0 Å². The molecule has 1 aromatic rings. The van der Waals surface area contributed by atoms with Gasteiger partial charge in [0.2, 0.25) is 0 Å². The van der Waals surface area contributed by atoms with Crippen LogP contribution in [0.25, 0.3) is 0 Å². The molecule has 1 rings (SSSR count). The van der Waals surface area contributed by atoms with Crippen molar-refractivity contribution in [1.29, 1.82) is 0 Å². The Labute approximate surface area is 107 Å². The van der Waals surface area contributed by atoms with E-state index in [0.29, 0.717) is 0 Å². The Morgan fingerprint density at radius 1 is 1.11 bits per heavy atom. The van der Waals surface area contributed by atoms with Crippen LogP contribution in [0.1, 0.15) is 5.56 Å². The van der Waals surface area contributed by atoms with Crippen LogP contribution in [0.15, 0.2) is 40.4 Å². The van der Waals surface area contributed by atoms with E-state index in [1.54, 1.807) is 12.1 Å². The first-order valence-corrected chi connectivity index (χ1v) is 8.21. The van der Waals surface area contributed by atoms with Crippen LogP contribution in [-0.2, 0) is 23.4 Å². The van der Waals surface area contributed by atoms with Gasteiger partial charge in [0, 0.05) is 25.4 Å². The summed E-state index contributed by atoms with van der Waals surface area (Å²) in [5.41, 5.74) is 0.956. The first-order chi connectivity index (χ1) is 8.33. The third-order valence-electron chi connectivity index (χ3n) is 2.28. The van der Waals surface area contributed by atoms with Gasteiger partial charge in [-0.3, -0.25) is 4.57 Å². The number of rotatable bonds is 5. The predicted molar refractivity (Wildman–Crippen MR) is 69.1 cm³/mol. The number of sulfone groups is 1. The average Bonchev–Trinajstić information content (AvgIpc) is 2.37. The van der Waals surface area contributed by atoms with Crippen molar-refractivity contribution in [3.05, 3.63) is 41.1 Å². The molecule has 0 spiro atoms. The molecule has 0 fully saturated rings. The van der Waals surface area contributed by atoms with Crippen molar-refractivity contribution in [3.8, 4) is 0 Å². The Bertz CT molecular complexity index is 566. The fraction of sp³-hybridized carbons (Fsp3) is 0.273. The van der Waals surface area contributed by atoms with Gasteiger partial charge < -0.3 is 9.05 Å². The highest BCUT2D eigenvalue weighted by atomic mass is 32.2. The molecule has 0 heterocycles. The first kappa shape index (κ1) is 15.1. The molecular formula is C11H15O5PS. The monoisotopic (exact) mass is 290 g/mol. The normalized spacial score (nSPS) is 13.1. The van der Waals surface area contributed by atoms with Crippen LogP contribution >= 0.6 is 7.60 Å². The summed E-state index contributed by atoms with van der Waals surface area (Å²) in [5, 5.41) is 0.839. The zero-order chi connectivity index (χ0) is 13.8. The lowest BCUT2D eigenvalue weighted by Crippen LogP contribution is -1.96. The first-order valence-electron chi connectivity index (χ1n) is 5.05. The van der Waals surface area contributed by atoms with Gasteiger partial charge >= 0.3 is 7.60 Å². The second-order valence-corrected chi connectivity index (χ2v) is 7.49. The van der Waals surface area contributed by atoms with Crippen LogP contribution in [0.3, 0.4) is 0 Å². The quantitative estimate of drug-likeness (QED) is 0.780. The van der Waals surface area contributed by atoms with Crippen molar-refractivity contribution in [2.24, 2.45) is 0 Å². The highest BCUT2D eigenvalue weighted by Gasteiger charge is 2.19. The molecule has 0 N–H and O–H groups in total. The third kappa shape index (κ3) is 3.78. The van der Waals surface area contributed by atoms with E-state index < -0.39 is 17.4 Å². The Hall–Kier alpha value is -0.940. The van der Waals surface area contributed by atoms with E-state index in [9.17, 15) is 13.0 Å². The zero-order valence-electron chi connectivity index (χ0n) is 10.4. The summed E-state index contributed by atoms with van der Waals surface area (Å²) in [6.07, 6.45) is 0. The minimum absolute atomic E-state index is 0.128. The van der Waals surface area contributed by atoms with E-state index in [2.05, 4.69) is 9.05 Å². The molecule has 0 aliphatic heterocycles. The molecule has 0 saturated carbocycles. The zero-order valence-corrected chi connectivity index (χ0v) is 12.1. The maximum absolute atomic E-state index is 11.9. The molecule has 100 valence electrons. The minimum Gasteiger partial charge on any atom is -0.309 e. The second-order valence-electron chi connectivity index (χ2n) is 3.55. The fourth-order valence-corrected chi connectivity index (χ4v) is 3.46. The molecule has 18 heavy (non-hydrogen) atoms. The van der Waals surface area contributed by atoms with Crippen molar-refractivity contribution in [3.63, 3.8) is 0 Å². The number of aryl methyl sites for hydroxylation is 1. The van der Waals surface area contributed by atoms with Gasteiger partial charge in [0.15, 0.2) is 9.84 Å². The highest BCUT2D eigenvalue weighted by Crippen LogP contribution is 2.48. The lowest BCUT2D eigenvalue weighted by atomic mass is 10.2. The summed E-state index contributed by atoms with van der Waals surface area (Å²) in [6.45, 7) is 1.86. The topological polar surface area (TPSA) is 69.7 Å². The molecule has 0 atom stereocenters. The van der Waals surface area contributed by atoms with E-state index in [-0.39, 0.29) is 4.90 Å². The van der Waals surface area contributed by atoms with Gasteiger partial charge in [-0.05, 0) is 19.1 Å². The average molecular weight is 290 g/mol. The molecule has 0 aromatic heterocycles. The summed E-state index contributed by atoms with van der Waals surface area (Å²) in [6, 6.07) is 6.35. The predicted octanol–water partition coefficient (Wildman–Crippen LogP) is 2.73. The van der Waals surface area contributed by atoms with Crippen molar-refractivity contribution >= 4 is 17.4 Å². The molecule has 0 amide bonds. The van der Waals surface area contributed by atoms with Gasteiger partial charge in [0.1, 0.15) is 0 Å². The molecule has 1 aromatic carbocycles. The van der Waals surface area contributed by atoms with Crippen molar-refractivity contribution < 1.29 is 22.0 Å². The van der Waals surface area contributed by atoms with Crippen LogP contribution in [0.2, 0.25) is 0 Å². The fourth-order valence-electron chi connectivity index (χ4n) is 1.16. The molecule has 0 radical (unpaired) electrons. The third-order valence-corrected chi connectivity index (χ3v) is 5.44. The Kier molecular flexibility index (Phi) is 4.87. The van der Waals surface area contributed by atoms with Crippen LogP contribution in [0.4, 0.5) is 0 Å². The van der Waals surface area contributed by atoms with Gasteiger partial charge in [0.05, 0.1) is 4.90 Å². The molecule has 0 aliphatic carbocycles. The van der Waals surface area contributed by atoms with Crippen LogP contribution in [0, 0.1) is 6.92 Å². The largest absolute Gasteiger partial charge is 0.354 e. The molecule has 0 aliphatic rings. The van der Waals surface area contributed by atoms with Gasteiger partial charge in [-0.25, -0.2) is 8.42 Å². The standard InChI is InChI=1S/C11H15O5PS/c1-10-4-6-11(7-5-10)18(13,14)9-8-17(12,15-2)16-3/h4-9H,1-3H3/b9-8+. The summed E-state index contributed by atoms with van der Waals surface area (Å²) in [5.74, 6) is 0.933. The van der Waals surface area contributed by atoms with E-state index >= 15 is 0 Å². The van der Waals surface area contributed by atoms with Crippen molar-refractivity contribution in [2.75, 3.05) is 14.2 Å². The summed E-state index contributed by atoms with van der Waals surface area (Å²) < 4.78 is 44.7. The molecule has 0 unspecified atom stereocenters. The maximum Gasteiger partial charge on any atom is 0.354 e. The summed E-state index contributed by atoms with van der Waals surface area (Å²) >= 11 is 0. The van der Waals surface area contributed by atoms with E-state index in [1.807, 2.05) is 6.92 Å². The van der Waals surface area contributed by atoms with Crippen LogP contribution in [0.5, 0.6) is 0 Å². The highest BCUT2D eigenvalue weighted by molar-refractivity contribution is 7.94. The SMILES string of the molecule is COP(=O)(/C=C/S(=O)(=O)c1ccc(C)cc1)OC. The Balaban J connectivity index is 3.06. The number of hydrogen-bond donors (Lipinski definition) is 0. The summed E-state index contributed by atoms with van der Waals surface area (Å²) in [7, 11) is -4.74.